The molecule has 176 valence electrons. The topological polar surface area (TPSA) is 128 Å². The number of benzene rings is 1. The van der Waals surface area contributed by atoms with Gasteiger partial charge in [0.05, 0.1) is 11.4 Å². The number of carbonyl (C=O) groups is 4. The number of hydrogen-bond acceptors (Lipinski definition) is 4. The molecule has 0 bridgehead atoms. The largest absolute Gasteiger partial charge is 0.480 e. The highest BCUT2D eigenvalue weighted by molar-refractivity contribution is 6.12. The first kappa shape index (κ1) is 25.2. The van der Waals surface area contributed by atoms with Gasteiger partial charge in [0, 0.05) is 0 Å². The number of hydrogen-bond donors (Lipinski definition) is 4. The van der Waals surface area contributed by atoms with Gasteiger partial charge in [0.15, 0.2) is 0 Å². The summed E-state index contributed by atoms with van der Waals surface area (Å²) in [5.41, 5.74) is 1.05. The second-order valence-corrected chi connectivity index (χ2v) is 8.95. The molecule has 2 rings (SSSR count). The van der Waals surface area contributed by atoms with E-state index >= 15 is 0 Å². The number of nitrogens with one attached hydrogen (secondary N) is 3. The molecular weight excluding hydrogens is 412 g/mol. The van der Waals surface area contributed by atoms with Crippen molar-refractivity contribution in [3.8, 4) is 0 Å². The Bertz CT molecular complexity index is 870. The van der Waals surface area contributed by atoms with Crippen LogP contribution in [0.1, 0.15) is 48.0 Å². The van der Waals surface area contributed by atoms with Crippen LogP contribution in [0.15, 0.2) is 24.3 Å². The lowest BCUT2D eigenvalue weighted by Crippen LogP contribution is -2.61. The number of aliphatic carboxylic acids is 1. The standard InChI is InChI=1S/C23H34N4O5/c1-7-14(6)18(20(28)25-17(12(2)3)22(30)31)26-23(32)27-16-11-9-8-10-15(16)24-21(29)19(27)13(4)5/h8-14,17-19H,7H2,1-6H3,(H,24,29)(H,25,28)(H,26,32)(H,30,31)/t14-,17-,18+,19-/m0/s1. The number of carboxylic acids is 1. The number of fused-ring (bicyclic) bond motifs is 1. The minimum atomic E-state index is -1.14. The molecule has 0 unspecified atom stereocenters. The predicted molar refractivity (Wildman–Crippen MR) is 122 cm³/mol. The van der Waals surface area contributed by atoms with Gasteiger partial charge in [-0.25, -0.2) is 9.59 Å². The van der Waals surface area contributed by atoms with Gasteiger partial charge in [0.1, 0.15) is 18.1 Å². The van der Waals surface area contributed by atoms with Gasteiger partial charge in [-0.3, -0.25) is 14.5 Å². The average Bonchev–Trinajstić information content (AvgIpc) is 2.73. The Morgan fingerprint density at radius 2 is 1.69 bits per heavy atom. The van der Waals surface area contributed by atoms with Gasteiger partial charge in [0.25, 0.3) is 0 Å². The van der Waals surface area contributed by atoms with Gasteiger partial charge in [-0.05, 0) is 29.9 Å². The predicted octanol–water partition coefficient (Wildman–Crippen LogP) is 2.82. The molecule has 0 fully saturated rings. The summed E-state index contributed by atoms with van der Waals surface area (Å²) in [6.45, 7) is 10.8. The Labute approximate surface area is 188 Å². The maximum atomic E-state index is 13.4. The lowest BCUT2D eigenvalue weighted by Gasteiger charge is -2.39. The highest BCUT2D eigenvalue weighted by Gasteiger charge is 2.40. The molecule has 4 N–H and O–H groups in total. The van der Waals surface area contributed by atoms with Crippen molar-refractivity contribution in [1.82, 2.24) is 10.6 Å². The van der Waals surface area contributed by atoms with Gasteiger partial charge in [0.2, 0.25) is 11.8 Å². The van der Waals surface area contributed by atoms with Crippen molar-refractivity contribution in [2.24, 2.45) is 17.8 Å². The minimum absolute atomic E-state index is 0.178. The minimum Gasteiger partial charge on any atom is -0.480 e. The molecule has 0 spiro atoms. The van der Waals surface area contributed by atoms with Crippen LogP contribution in [-0.4, -0.2) is 47.0 Å². The Hall–Kier alpha value is -3.10. The van der Waals surface area contributed by atoms with E-state index in [1.165, 1.54) is 4.90 Å². The van der Waals surface area contributed by atoms with Crippen LogP contribution in [0.4, 0.5) is 16.2 Å². The molecule has 0 saturated heterocycles. The van der Waals surface area contributed by atoms with E-state index in [2.05, 4.69) is 16.0 Å². The number of anilines is 2. The molecule has 1 heterocycles. The summed E-state index contributed by atoms with van der Waals surface area (Å²) in [6, 6.07) is 3.61. The third-order valence-electron chi connectivity index (χ3n) is 5.82. The zero-order valence-electron chi connectivity index (χ0n) is 19.5. The second-order valence-electron chi connectivity index (χ2n) is 8.95. The first-order chi connectivity index (χ1) is 15.0. The first-order valence-corrected chi connectivity index (χ1v) is 11.0. The van der Waals surface area contributed by atoms with E-state index in [4.69, 9.17) is 0 Å². The SMILES string of the molecule is CC[C@H](C)[C@@H](NC(=O)N1c2ccccc2NC(=O)[C@@H]1C(C)C)C(=O)N[C@H](C(=O)O)C(C)C. The fraction of sp³-hybridized carbons (Fsp3) is 0.565. The summed E-state index contributed by atoms with van der Waals surface area (Å²) < 4.78 is 0. The van der Waals surface area contributed by atoms with Crippen molar-refractivity contribution in [1.29, 1.82) is 0 Å². The highest BCUT2D eigenvalue weighted by atomic mass is 16.4. The smallest absolute Gasteiger partial charge is 0.326 e. The number of rotatable bonds is 8. The summed E-state index contributed by atoms with van der Waals surface area (Å²) in [6.07, 6.45) is 0.586. The molecule has 4 amide bonds. The number of nitrogens with zero attached hydrogens (tertiary/aromatic N) is 1. The van der Waals surface area contributed by atoms with E-state index in [0.29, 0.717) is 17.8 Å². The van der Waals surface area contributed by atoms with Crippen LogP contribution in [-0.2, 0) is 14.4 Å². The van der Waals surface area contributed by atoms with Gasteiger partial charge < -0.3 is 21.1 Å². The third-order valence-corrected chi connectivity index (χ3v) is 5.82. The molecule has 32 heavy (non-hydrogen) atoms. The van der Waals surface area contributed by atoms with Gasteiger partial charge >= 0.3 is 12.0 Å². The molecule has 9 nitrogen and oxygen atoms in total. The zero-order valence-corrected chi connectivity index (χ0v) is 19.5. The fourth-order valence-electron chi connectivity index (χ4n) is 3.76. The van der Waals surface area contributed by atoms with E-state index in [-0.39, 0.29) is 23.7 Å². The summed E-state index contributed by atoms with van der Waals surface area (Å²) in [5, 5.41) is 17.6. The number of para-hydroxylation sites is 2. The van der Waals surface area contributed by atoms with Crippen LogP contribution in [0.25, 0.3) is 0 Å². The van der Waals surface area contributed by atoms with Gasteiger partial charge in [-0.2, -0.15) is 0 Å². The van der Waals surface area contributed by atoms with E-state index in [1.807, 2.05) is 27.7 Å². The molecule has 0 aliphatic carbocycles. The second kappa shape index (κ2) is 10.5. The monoisotopic (exact) mass is 446 g/mol. The molecule has 0 saturated carbocycles. The summed E-state index contributed by atoms with van der Waals surface area (Å²) in [5.74, 6) is -2.76. The normalized spacial score (nSPS) is 18.4. The van der Waals surface area contributed by atoms with Crippen molar-refractivity contribution >= 4 is 35.2 Å². The average molecular weight is 447 g/mol. The van der Waals surface area contributed by atoms with E-state index in [1.54, 1.807) is 38.1 Å². The van der Waals surface area contributed by atoms with Gasteiger partial charge in [-0.15, -0.1) is 0 Å². The molecule has 1 aliphatic rings. The molecule has 4 atom stereocenters. The van der Waals surface area contributed by atoms with Crippen molar-refractivity contribution in [2.45, 2.75) is 66.1 Å². The van der Waals surface area contributed by atoms with E-state index in [9.17, 15) is 24.3 Å². The highest BCUT2D eigenvalue weighted by Crippen LogP contribution is 2.34. The Balaban J connectivity index is 2.36. The van der Waals surface area contributed by atoms with Crippen LogP contribution in [0.3, 0.4) is 0 Å². The Morgan fingerprint density at radius 1 is 1.06 bits per heavy atom. The van der Waals surface area contributed by atoms with Crippen molar-refractivity contribution in [2.75, 3.05) is 10.2 Å². The van der Waals surface area contributed by atoms with Crippen LogP contribution >= 0.6 is 0 Å². The maximum Gasteiger partial charge on any atom is 0.326 e. The fourth-order valence-corrected chi connectivity index (χ4v) is 3.76. The maximum absolute atomic E-state index is 13.4. The number of carboxylic acid groups (broad SMARTS) is 1. The quantitative estimate of drug-likeness (QED) is 0.488. The van der Waals surface area contributed by atoms with E-state index < -0.39 is 36.0 Å². The van der Waals surface area contributed by atoms with Crippen LogP contribution in [0.5, 0.6) is 0 Å². The molecule has 1 aliphatic heterocycles. The van der Waals surface area contributed by atoms with Crippen LogP contribution in [0, 0.1) is 17.8 Å². The first-order valence-electron chi connectivity index (χ1n) is 11.0. The molecular formula is C23H34N4O5. The summed E-state index contributed by atoms with van der Waals surface area (Å²) >= 11 is 0. The lowest BCUT2D eigenvalue weighted by molar-refractivity contribution is -0.143. The third kappa shape index (κ3) is 5.38. The summed E-state index contributed by atoms with van der Waals surface area (Å²) in [4.78, 5) is 52.1. The molecule has 1 aromatic carbocycles. The van der Waals surface area contributed by atoms with Crippen LogP contribution < -0.4 is 20.9 Å². The van der Waals surface area contributed by atoms with Crippen molar-refractivity contribution < 1.29 is 24.3 Å². The molecule has 9 heteroatoms. The van der Waals surface area contributed by atoms with E-state index in [0.717, 1.165) is 0 Å². The zero-order chi connectivity index (χ0) is 24.2. The van der Waals surface area contributed by atoms with Crippen molar-refractivity contribution in [3.05, 3.63) is 24.3 Å². The number of carbonyl (C=O) groups excluding carboxylic acids is 3. The molecule has 0 radical (unpaired) electrons. The summed E-state index contributed by atoms with van der Waals surface area (Å²) in [7, 11) is 0. The molecule has 1 aromatic rings. The Morgan fingerprint density at radius 3 is 2.22 bits per heavy atom. The van der Waals surface area contributed by atoms with Crippen molar-refractivity contribution in [3.63, 3.8) is 0 Å². The lowest BCUT2D eigenvalue weighted by atomic mass is 9.96. The van der Waals surface area contributed by atoms with Gasteiger partial charge in [-0.1, -0.05) is 60.1 Å². The van der Waals surface area contributed by atoms with Crippen LogP contribution in [0.2, 0.25) is 0 Å². The number of urea groups is 1. The number of amides is 4. The Kier molecular flexibility index (Phi) is 8.24. The molecule has 0 aromatic heterocycles.